The summed E-state index contributed by atoms with van der Waals surface area (Å²) in [6.45, 7) is 1.58. The first-order valence-corrected chi connectivity index (χ1v) is 12.6. The molecular formula is C21H26N4O4S2. The molecule has 0 radical (unpaired) electrons. The van der Waals surface area contributed by atoms with Crippen LogP contribution in [0.2, 0.25) is 0 Å². The van der Waals surface area contributed by atoms with E-state index in [9.17, 15) is 4.79 Å². The molecule has 0 bridgehead atoms. The van der Waals surface area contributed by atoms with Crippen molar-refractivity contribution in [3.05, 3.63) is 18.2 Å². The zero-order valence-electron chi connectivity index (χ0n) is 17.2. The minimum absolute atomic E-state index is 0.0969. The monoisotopic (exact) mass is 462 g/mol. The lowest BCUT2D eigenvalue weighted by atomic mass is 9.94. The number of nitrogens with one attached hydrogen (secondary N) is 2. The Labute approximate surface area is 189 Å². The first kappa shape index (κ1) is 20.8. The maximum absolute atomic E-state index is 12.4. The maximum Gasteiger partial charge on any atom is 0.251 e. The van der Waals surface area contributed by atoms with E-state index >= 15 is 0 Å². The van der Waals surface area contributed by atoms with E-state index in [0.717, 1.165) is 66.9 Å². The molecule has 2 fully saturated rings. The Bertz CT molecular complexity index is 926. The summed E-state index contributed by atoms with van der Waals surface area (Å²) in [5.74, 6) is 1.12. The van der Waals surface area contributed by atoms with Crippen molar-refractivity contribution in [3.8, 4) is 11.5 Å². The van der Waals surface area contributed by atoms with Crippen LogP contribution in [0.5, 0.6) is 11.5 Å². The summed E-state index contributed by atoms with van der Waals surface area (Å²) in [4.78, 5) is 12.4. The van der Waals surface area contributed by atoms with Gasteiger partial charge in [-0.25, -0.2) is 0 Å². The average molecular weight is 463 g/mol. The summed E-state index contributed by atoms with van der Waals surface area (Å²) in [6, 6.07) is 5.57. The third kappa shape index (κ3) is 5.07. The number of carbonyl (C=O) groups is 1. The molecule has 2 aliphatic heterocycles. The molecule has 2 N–H and O–H groups in total. The number of ether oxygens (including phenoxy) is 3. The minimum atomic E-state index is -0.507. The number of rotatable bonds is 7. The van der Waals surface area contributed by atoms with E-state index in [2.05, 4.69) is 20.8 Å². The largest absolute Gasteiger partial charge is 0.448 e. The van der Waals surface area contributed by atoms with E-state index < -0.39 is 5.79 Å². The van der Waals surface area contributed by atoms with Crippen LogP contribution in [0.3, 0.4) is 0 Å². The number of thioether (sulfide) groups is 1. The van der Waals surface area contributed by atoms with Crippen LogP contribution in [0.1, 0.15) is 44.9 Å². The van der Waals surface area contributed by atoms with Crippen molar-refractivity contribution in [2.24, 2.45) is 0 Å². The summed E-state index contributed by atoms with van der Waals surface area (Å²) < 4.78 is 18.6. The summed E-state index contributed by atoms with van der Waals surface area (Å²) in [5, 5.41) is 15.2. The fourth-order valence-corrected chi connectivity index (χ4v) is 5.70. The van der Waals surface area contributed by atoms with Gasteiger partial charge in [-0.1, -0.05) is 29.5 Å². The summed E-state index contributed by atoms with van der Waals surface area (Å²) in [5.41, 5.74) is 0.706. The van der Waals surface area contributed by atoms with Crippen molar-refractivity contribution in [1.82, 2.24) is 10.2 Å². The van der Waals surface area contributed by atoms with Gasteiger partial charge >= 0.3 is 0 Å². The molecule has 1 atom stereocenters. The normalized spacial score (nSPS) is 21.4. The summed E-state index contributed by atoms with van der Waals surface area (Å²) >= 11 is 2.83. The Morgan fingerprint density at radius 3 is 2.87 bits per heavy atom. The van der Waals surface area contributed by atoms with E-state index in [1.807, 2.05) is 18.2 Å². The number of nitrogens with zero attached hydrogens (tertiary/aromatic N) is 2. The van der Waals surface area contributed by atoms with Crippen molar-refractivity contribution in [1.29, 1.82) is 0 Å². The minimum Gasteiger partial charge on any atom is -0.448 e. The number of hydrogen-bond acceptors (Lipinski definition) is 9. The molecule has 166 valence electrons. The third-order valence-electron chi connectivity index (χ3n) is 5.67. The van der Waals surface area contributed by atoms with Gasteiger partial charge < -0.3 is 24.8 Å². The van der Waals surface area contributed by atoms with Crippen LogP contribution in [-0.2, 0) is 9.53 Å². The van der Waals surface area contributed by atoms with E-state index in [4.69, 9.17) is 14.2 Å². The predicted octanol–water partition coefficient (Wildman–Crippen LogP) is 4.29. The molecule has 1 saturated heterocycles. The zero-order valence-corrected chi connectivity index (χ0v) is 18.9. The molecule has 31 heavy (non-hydrogen) atoms. The Hall–Kier alpha value is -2.04. The molecule has 1 spiro atoms. The van der Waals surface area contributed by atoms with E-state index in [1.165, 1.54) is 29.5 Å². The lowest BCUT2D eigenvalue weighted by Crippen LogP contribution is -2.40. The molecule has 3 aliphatic rings. The highest BCUT2D eigenvalue weighted by Crippen LogP contribution is 2.46. The second kappa shape index (κ2) is 9.22. The van der Waals surface area contributed by atoms with Gasteiger partial charge in [0.15, 0.2) is 15.8 Å². The quantitative estimate of drug-likeness (QED) is 0.589. The standard InChI is InChI=1S/C21H26N4O4S2/c26-18(13-30-20-25-24-19(31-20)22-12-15-5-4-10-27-15)23-14-6-7-16-17(11-14)29-21(28-16)8-2-1-3-9-21/h6-7,11,15H,1-5,8-10,12-13H2,(H,22,24)(H,23,26)/t15-/m1/s1. The van der Waals surface area contributed by atoms with Gasteiger partial charge in [0.2, 0.25) is 11.0 Å². The molecule has 8 nitrogen and oxygen atoms in total. The molecule has 5 rings (SSSR count). The first-order chi connectivity index (χ1) is 15.2. The van der Waals surface area contributed by atoms with Crippen LogP contribution >= 0.6 is 23.1 Å². The zero-order chi connectivity index (χ0) is 21.1. The number of benzene rings is 1. The van der Waals surface area contributed by atoms with Crippen LogP contribution in [0.25, 0.3) is 0 Å². The fraction of sp³-hybridized carbons (Fsp3) is 0.571. The Kier molecular flexibility index (Phi) is 6.20. The van der Waals surface area contributed by atoms with Crippen LogP contribution in [0.15, 0.2) is 22.5 Å². The number of amides is 1. The fourth-order valence-electron chi connectivity index (χ4n) is 4.14. The van der Waals surface area contributed by atoms with Crippen LogP contribution < -0.4 is 20.1 Å². The van der Waals surface area contributed by atoms with Gasteiger partial charge in [0, 0.05) is 37.7 Å². The van der Waals surface area contributed by atoms with Crippen molar-refractivity contribution in [2.45, 2.75) is 61.2 Å². The molecule has 1 aromatic heterocycles. The molecular weight excluding hydrogens is 436 g/mol. The van der Waals surface area contributed by atoms with Gasteiger partial charge in [0.1, 0.15) is 0 Å². The van der Waals surface area contributed by atoms with E-state index in [1.54, 1.807) is 0 Å². The van der Waals surface area contributed by atoms with Crippen molar-refractivity contribution < 1.29 is 19.0 Å². The highest BCUT2D eigenvalue weighted by atomic mass is 32.2. The molecule has 2 aromatic rings. The van der Waals surface area contributed by atoms with Crippen LogP contribution in [-0.4, -0.2) is 46.9 Å². The lowest BCUT2D eigenvalue weighted by Gasteiger charge is -2.31. The molecule has 0 unspecified atom stereocenters. The van der Waals surface area contributed by atoms with E-state index in [0.29, 0.717) is 11.4 Å². The van der Waals surface area contributed by atoms with Gasteiger partial charge in [0.25, 0.3) is 5.79 Å². The Morgan fingerprint density at radius 2 is 2.03 bits per heavy atom. The van der Waals surface area contributed by atoms with Gasteiger partial charge in [-0.15, -0.1) is 10.2 Å². The van der Waals surface area contributed by atoms with Crippen molar-refractivity contribution in [2.75, 3.05) is 29.5 Å². The third-order valence-corrected chi connectivity index (χ3v) is 7.69. The molecule has 10 heteroatoms. The molecule has 1 aromatic carbocycles. The van der Waals surface area contributed by atoms with Crippen molar-refractivity contribution in [3.63, 3.8) is 0 Å². The average Bonchev–Trinajstić information content (AvgIpc) is 3.51. The Morgan fingerprint density at radius 1 is 1.16 bits per heavy atom. The maximum atomic E-state index is 12.4. The summed E-state index contributed by atoms with van der Waals surface area (Å²) in [7, 11) is 0. The Balaban J connectivity index is 1.10. The molecule has 1 saturated carbocycles. The number of fused-ring (bicyclic) bond motifs is 1. The number of carbonyl (C=O) groups excluding carboxylic acids is 1. The SMILES string of the molecule is O=C(CSc1nnc(NC[C@H]2CCCO2)s1)Nc1ccc2c(c1)OC1(CCCCC1)O2. The number of hydrogen-bond donors (Lipinski definition) is 2. The molecule has 1 aliphatic carbocycles. The summed E-state index contributed by atoms with van der Waals surface area (Å²) in [6.07, 6.45) is 7.72. The smallest absolute Gasteiger partial charge is 0.251 e. The predicted molar refractivity (Wildman–Crippen MR) is 120 cm³/mol. The van der Waals surface area contributed by atoms with Crippen LogP contribution in [0.4, 0.5) is 10.8 Å². The second-order valence-electron chi connectivity index (χ2n) is 8.06. The highest BCUT2D eigenvalue weighted by molar-refractivity contribution is 8.01. The second-order valence-corrected chi connectivity index (χ2v) is 10.3. The van der Waals surface area contributed by atoms with Gasteiger partial charge in [-0.2, -0.15) is 0 Å². The first-order valence-electron chi connectivity index (χ1n) is 10.8. The van der Waals surface area contributed by atoms with E-state index in [-0.39, 0.29) is 17.8 Å². The van der Waals surface area contributed by atoms with Gasteiger partial charge in [-0.05, 0) is 37.8 Å². The van der Waals surface area contributed by atoms with Crippen molar-refractivity contribution >= 4 is 39.8 Å². The van der Waals surface area contributed by atoms with Gasteiger partial charge in [-0.3, -0.25) is 4.79 Å². The van der Waals surface area contributed by atoms with Gasteiger partial charge in [0.05, 0.1) is 11.9 Å². The number of aromatic nitrogens is 2. The lowest BCUT2D eigenvalue weighted by molar-refractivity contribution is -0.113. The van der Waals surface area contributed by atoms with Crippen LogP contribution in [0, 0.1) is 0 Å². The number of anilines is 2. The molecule has 3 heterocycles. The topological polar surface area (TPSA) is 94.6 Å². The molecule has 1 amide bonds. The highest BCUT2D eigenvalue weighted by Gasteiger charge is 2.42.